The van der Waals surface area contributed by atoms with Crippen LogP contribution in [0.5, 0.6) is 11.5 Å². The van der Waals surface area contributed by atoms with Crippen molar-refractivity contribution in [2.75, 3.05) is 31.1 Å². The second-order valence-electron chi connectivity index (χ2n) is 10.7. The van der Waals surface area contributed by atoms with Crippen LogP contribution in [0.25, 0.3) is 0 Å². The Morgan fingerprint density at radius 1 is 0.930 bits per heavy atom. The van der Waals surface area contributed by atoms with Gasteiger partial charge < -0.3 is 19.7 Å². The van der Waals surface area contributed by atoms with Gasteiger partial charge in [0.15, 0.2) is 0 Å². The number of carbonyl (C=O) groups excluding carboxylic acids is 2. The third kappa shape index (κ3) is 8.97. The molecule has 1 unspecified atom stereocenters. The molecule has 10 heteroatoms. The van der Waals surface area contributed by atoms with Gasteiger partial charge in [-0.1, -0.05) is 50.6 Å². The SMILES string of the molecule is CCOc1ccc(S(=O)(=O)N(CC(=O)N(Cc2cccc(OC)c2)C(CC)C(=O)NCC(C)C)c2ccc(C)cc2)cc1. The van der Waals surface area contributed by atoms with Gasteiger partial charge in [-0.05, 0) is 80.3 Å². The van der Waals surface area contributed by atoms with Crippen molar-refractivity contribution >= 4 is 27.5 Å². The van der Waals surface area contributed by atoms with Gasteiger partial charge in [0.05, 0.1) is 24.3 Å². The quantitative estimate of drug-likeness (QED) is 0.255. The summed E-state index contributed by atoms with van der Waals surface area (Å²) in [7, 11) is -2.62. The lowest BCUT2D eigenvalue weighted by Crippen LogP contribution is -2.52. The highest BCUT2D eigenvalue weighted by molar-refractivity contribution is 7.92. The molecule has 0 aliphatic carbocycles. The molecule has 0 aliphatic heterocycles. The first-order valence-corrected chi connectivity index (χ1v) is 16.0. The number of sulfonamides is 1. The summed E-state index contributed by atoms with van der Waals surface area (Å²) in [6.45, 7) is 10.1. The van der Waals surface area contributed by atoms with Crippen molar-refractivity contribution in [1.29, 1.82) is 0 Å². The number of aryl methyl sites for hydroxylation is 1. The summed E-state index contributed by atoms with van der Waals surface area (Å²) in [5.74, 6) is 0.581. The number of nitrogens with one attached hydrogen (secondary N) is 1. The summed E-state index contributed by atoms with van der Waals surface area (Å²) in [6.07, 6.45) is 0.343. The third-order valence-electron chi connectivity index (χ3n) is 6.88. The maximum Gasteiger partial charge on any atom is 0.264 e. The predicted molar refractivity (Wildman–Crippen MR) is 169 cm³/mol. The molecule has 0 bridgehead atoms. The number of benzene rings is 3. The van der Waals surface area contributed by atoms with E-state index >= 15 is 0 Å². The lowest BCUT2D eigenvalue weighted by atomic mass is 10.1. The fourth-order valence-corrected chi connectivity index (χ4v) is 5.97. The van der Waals surface area contributed by atoms with Gasteiger partial charge in [0.1, 0.15) is 24.1 Å². The zero-order valence-corrected chi connectivity index (χ0v) is 26.7. The molecule has 0 spiro atoms. The number of nitrogens with zero attached hydrogens (tertiary/aromatic N) is 2. The van der Waals surface area contributed by atoms with E-state index in [1.165, 1.54) is 17.0 Å². The highest BCUT2D eigenvalue weighted by Crippen LogP contribution is 2.27. The molecule has 1 atom stereocenters. The fourth-order valence-electron chi connectivity index (χ4n) is 4.55. The zero-order valence-electron chi connectivity index (χ0n) is 25.9. The number of anilines is 1. The van der Waals surface area contributed by atoms with Gasteiger partial charge in [0.25, 0.3) is 10.0 Å². The molecule has 0 aromatic heterocycles. The minimum absolute atomic E-state index is 0.0189. The summed E-state index contributed by atoms with van der Waals surface area (Å²) in [5, 5.41) is 2.94. The van der Waals surface area contributed by atoms with E-state index in [-0.39, 0.29) is 23.3 Å². The number of methoxy groups -OCH3 is 1. The van der Waals surface area contributed by atoms with Crippen LogP contribution in [-0.4, -0.2) is 58.0 Å². The molecular weight excluding hydrogens is 566 g/mol. The lowest BCUT2D eigenvalue weighted by molar-refractivity contribution is -0.140. The van der Waals surface area contributed by atoms with Gasteiger partial charge in [0.2, 0.25) is 11.8 Å². The van der Waals surface area contributed by atoms with Crippen LogP contribution in [0.4, 0.5) is 5.69 Å². The molecule has 2 amide bonds. The third-order valence-corrected chi connectivity index (χ3v) is 8.67. The van der Waals surface area contributed by atoms with Crippen molar-refractivity contribution in [3.63, 3.8) is 0 Å². The second-order valence-corrected chi connectivity index (χ2v) is 12.6. The molecule has 9 nitrogen and oxygen atoms in total. The molecule has 43 heavy (non-hydrogen) atoms. The van der Waals surface area contributed by atoms with Gasteiger partial charge in [-0.15, -0.1) is 0 Å². The van der Waals surface area contributed by atoms with Crippen LogP contribution in [0.3, 0.4) is 0 Å². The second kappa shape index (κ2) is 15.4. The summed E-state index contributed by atoms with van der Waals surface area (Å²) in [5.41, 5.74) is 2.03. The van der Waals surface area contributed by atoms with Gasteiger partial charge >= 0.3 is 0 Å². The molecule has 0 saturated heterocycles. The number of hydrogen-bond donors (Lipinski definition) is 1. The molecule has 3 aromatic rings. The summed E-state index contributed by atoms with van der Waals surface area (Å²) in [4.78, 5) is 29.0. The Balaban J connectivity index is 2.04. The monoisotopic (exact) mass is 609 g/mol. The van der Waals surface area contributed by atoms with Crippen LogP contribution in [0.15, 0.2) is 77.7 Å². The highest BCUT2D eigenvalue weighted by atomic mass is 32.2. The Hall–Kier alpha value is -4.05. The average Bonchev–Trinajstić information content (AvgIpc) is 2.99. The van der Waals surface area contributed by atoms with Crippen molar-refractivity contribution < 1.29 is 27.5 Å². The van der Waals surface area contributed by atoms with Crippen molar-refractivity contribution in [3.05, 3.63) is 83.9 Å². The molecule has 3 rings (SSSR count). The first-order valence-electron chi connectivity index (χ1n) is 14.5. The zero-order chi connectivity index (χ0) is 31.6. The fraction of sp³-hybridized carbons (Fsp3) is 0.394. The number of carbonyl (C=O) groups is 2. The van der Waals surface area contributed by atoms with Crippen LogP contribution in [0, 0.1) is 12.8 Å². The summed E-state index contributed by atoms with van der Waals surface area (Å²) >= 11 is 0. The smallest absolute Gasteiger partial charge is 0.264 e. The molecule has 3 aromatic carbocycles. The van der Waals surface area contributed by atoms with Crippen molar-refractivity contribution in [2.45, 2.75) is 58.5 Å². The summed E-state index contributed by atoms with van der Waals surface area (Å²) < 4.78 is 40.1. The van der Waals surface area contributed by atoms with E-state index in [1.54, 1.807) is 55.6 Å². The van der Waals surface area contributed by atoms with E-state index < -0.39 is 28.5 Å². The maximum atomic E-state index is 14.2. The Bertz CT molecular complexity index is 1460. The molecule has 0 saturated carbocycles. The number of amides is 2. The van der Waals surface area contributed by atoms with E-state index in [2.05, 4.69) is 5.32 Å². The maximum absolute atomic E-state index is 14.2. The Morgan fingerprint density at radius 2 is 1.60 bits per heavy atom. The Kier molecular flexibility index (Phi) is 12.0. The van der Waals surface area contributed by atoms with Crippen LogP contribution in [0.2, 0.25) is 0 Å². The van der Waals surface area contributed by atoms with E-state index in [0.29, 0.717) is 36.8 Å². The van der Waals surface area contributed by atoms with Gasteiger partial charge in [-0.25, -0.2) is 8.42 Å². The van der Waals surface area contributed by atoms with Crippen molar-refractivity contribution in [3.8, 4) is 11.5 Å². The molecule has 0 radical (unpaired) electrons. The van der Waals surface area contributed by atoms with Crippen LogP contribution < -0.4 is 19.1 Å². The summed E-state index contributed by atoms with van der Waals surface area (Å²) in [6, 6.07) is 19.5. The normalized spacial score (nSPS) is 12.0. The molecule has 0 fully saturated rings. The standard InChI is InChI=1S/C33H43N3O6S/c1-7-31(33(38)34-21-24(3)4)35(22-26-10-9-11-29(20-26)41-6)32(37)23-36(27-14-12-25(5)13-15-27)43(39,40)30-18-16-28(17-19-30)42-8-2/h9-20,24,31H,7-8,21-23H2,1-6H3,(H,34,38). The molecule has 0 heterocycles. The van der Waals surface area contributed by atoms with E-state index in [4.69, 9.17) is 9.47 Å². The topological polar surface area (TPSA) is 105 Å². The Morgan fingerprint density at radius 3 is 2.19 bits per heavy atom. The first-order chi connectivity index (χ1) is 20.5. The van der Waals surface area contributed by atoms with Gasteiger partial charge in [-0.3, -0.25) is 13.9 Å². The van der Waals surface area contributed by atoms with Crippen molar-refractivity contribution in [1.82, 2.24) is 10.2 Å². The van der Waals surface area contributed by atoms with Gasteiger partial charge in [-0.2, -0.15) is 0 Å². The molecule has 0 aliphatic rings. The Labute approximate surface area is 255 Å². The molecule has 1 N–H and O–H groups in total. The van der Waals surface area contributed by atoms with Crippen LogP contribution >= 0.6 is 0 Å². The van der Waals surface area contributed by atoms with Gasteiger partial charge in [0, 0.05) is 13.1 Å². The number of hydrogen-bond acceptors (Lipinski definition) is 6. The average molecular weight is 610 g/mol. The van der Waals surface area contributed by atoms with E-state index in [1.807, 2.05) is 46.8 Å². The number of ether oxygens (including phenoxy) is 2. The predicted octanol–water partition coefficient (Wildman–Crippen LogP) is 5.18. The van der Waals surface area contributed by atoms with Crippen LogP contribution in [0.1, 0.15) is 45.2 Å². The molecular formula is C33H43N3O6S. The highest BCUT2D eigenvalue weighted by Gasteiger charge is 2.33. The lowest BCUT2D eigenvalue weighted by Gasteiger charge is -2.33. The molecule has 232 valence electrons. The number of rotatable bonds is 15. The van der Waals surface area contributed by atoms with Crippen LogP contribution in [-0.2, 0) is 26.2 Å². The first kappa shape index (κ1) is 33.5. The largest absolute Gasteiger partial charge is 0.497 e. The minimum atomic E-state index is -4.18. The van der Waals surface area contributed by atoms with E-state index in [0.717, 1.165) is 15.4 Å². The van der Waals surface area contributed by atoms with Crippen molar-refractivity contribution in [2.24, 2.45) is 5.92 Å². The minimum Gasteiger partial charge on any atom is -0.497 e. The van der Waals surface area contributed by atoms with E-state index in [9.17, 15) is 18.0 Å².